The van der Waals surface area contributed by atoms with Crippen LogP contribution in [-0.2, 0) is 0 Å². The molecule has 0 saturated heterocycles. The van der Waals surface area contributed by atoms with Gasteiger partial charge >= 0.3 is 0 Å². The number of rotatable bonds is 3. The van der Waals surface area contributed by atoms with Crippen molar-refractivity contribution >= 4 is 21.8 Å². The Kier molecular flexibility index (Phi) is 4.52. The number of carbonyl (C=O) groups is 1. The van der Waals surface area contributed by atoms with Gasteiger partial charge in [-0.3, -0.25) is 9.59 Å². The van der Waals surface area contributed by atoms with Crippen molar-refractivity contribution in [2.45, 2.75) is 30.5 Å². The maximum absolute atomic E-state index is 11.8. The number of hydrogen-bond donors (Lipinski definition) is 2. The van der Waals surface area contributed by atoms with Gasteiger partial charge in [0.1, 0.15) is 5.69 Å². The van der Waals surface area contributed by atoms with E-state index in [1.807, 2.05) is 0 Å². The van der Waals surface area contributed by atoms with Crippen LogP contribution in [0.3, 0.4) is 0 Å². The highest BCUT2D eigenvalue weighted by Crippen LogP contribution is 2.28. The van der Waals surface area contributed by atoms with Gasteiger partial charge in [-0.05, 0) is 37.7 Å². The Labute approximate surface area is 113 Å². The molecule has 1 heterocycles. The molecule has 1 aliphatic carbocycles. The molecule has 1 fully saturated rings. The van der Waals surface area contributed by atoms with E-state index in [0.717, 1.165) is 25.7 Å². The largest absolute Gasteiger partial charge is 0.350 e. The first-order valence-corrected chi connectivity index (χ1v) is 7.04. The smallest absolute Gasteiger partial charge is 0.271 e. The molecule has 0 unspecified atom stereocenters. The third-order valence-corrected chi connectivity index (χ3v) is 4.16. The number of amides is 1. The molecule has 0 atom stereocenters. The topological polar surface area (TPSA) is 74.8 Å². The summed E-state index contributed by atoms with van der Waals surface area (Å²) >= 11 is 3.61. The summed E-state index contributed by atoms with van der Waals surface area (Å²) in [5, 5.41) is 8.81. The normalized spacial score (nSPS) is 23.6. The second-order valence-electron chi connectivity index (χ2n) is 4.63. The van der Waals surface area contributed by atoms with Crippen LogP contribution in [0.25, 0.3) is 0 Å². The number of carbonyl (C=O) groups excluding carboxylic acids is 1. The van der Waals surface area contributed by atoms with Crippen molar-refractivity contribution in [3.05, 3.63) is 28.2 Å². The Bertz CT molecular complexity index is 446. The average molecular weight is 314 g/mol. The van der Waals surface area contributed by atoms with E-state index in [9.17, 15) is 9.59 Å². The lowest BCUT2D eigenvalue weighted by molar-refractivity contribution is 0.0937. The van der Waals surface area contributed by atoms with Crippen LogP contribution in [0.5, 0.6) is 0 Å². The fourth-order valence-corrected chi connectivity index (χ4v) is 2.65. The molecule has 18 heavy (non-hydrogen) atoms. The molecule has 1 aromatic rings. The Balaban J connectivity index is 1.81. The number of H-pyrrole nitrogens is 1. The van der Waals surface area contributed by atoms with Gasteiger partial charge in [0, 0.05) is 17.4 Å². The minimum atomic E-state index is -0.304. The molecule has 1 aliphatic rings. The van der Waals surface area contributed by atoms with Gasteiger partial charge in [-0.25, -0.2) is 5.10 Å². The maximum Gasteiger partial charge on any atom is 0.271 e. The van der Waals surface area contributed by atoms with Crippen molar-refractivity contribution in [2.24, 2.45) is 5.92 Å². The molecular weight excluding hydrogens is 298 g/mol. The second-order valence-corrected chi connectivity index (χ2v) is 5.93. The molecule has 0 spiro atoms. The fourth-order valence-electron chi connectivity index (χ4n) is 2.12. The summed E-state index contributed by atoms with van der Waals surface area (Å²) in [5.41, 5.74) is -0.0500. The zero-order valence-electron chi connectivity index (χ0n) is 9.99. The lowest BCUT2D eigenvalue weighted by Gasteiger charge is -2.25. The minimum absolute atomic E-state index is 0.229. The molecule has 2 rings (SSSR count). The van der Waals surface area contributed by atoms with Crippen molar-refractivity contribution in [3.63, 3.8) is 0 Å². The highest BCUT2D eigenvalue weighted by atomic mass is 79.9. The van der Waals surface area contributed by atoms with E-state index in [0.29, 0.717) is 17.3 Å². The van der Waals surface area contributed by atoms with Gasteiger partial charge in [0.25, 0.3) is 11.5 Å². The van der Waals surface area contributed by atoms with Crippen molar-refractivity contribution in [1.82, 2.24) is 15.5 Å². The summed E-state index contributed by atoms with van der Waals surface area (Å²) in [6.07, 6.45) is 4.60. The molecule has 2 N–H and O–H groups in total. The molecule has 1 saturated carbocycles. The summed E-state index contributed by atoms with van der Waals surface area (Å²) in [7, 11) is 0. The van der Waals surface area contributed by atoms with Gasteiger partial charge in [0.05, 0.1) is 0 Å². The summed E-state index contributed by atoms with van der Waals surface area (Å²) < 4.78 is 0. The zero-order chi connectivity index (χ0) is 13.0. The molecule has 1 amide bonds. The molecule has 6 heteroatoms. The minimum Gasteiger partial charge on any atom is -0.350 e. The third-order valence-electron chi connectivity index (χ3n) is 3.24. The van der Waals surface area contributed by atoms with E-state index in [1.165, 1.54) is 12.1 Å². The van der Waals surface area contributed by atoms with Crippen molar-refractivity contribution in [2.75, 3.05) is 6.54 Å². The lowest BCUT2D eigenvalue weighted by atomic mass is 9.89. The Morgan fingerprint density at radius 2 is 2.11 bits per heavy atom. The quantitative estimate of drug-likeness (QED) is 0.829. The highest BCUT2D eigenvalue weighted by Gasteiger charge is 2.19. The van der Waals surface area contributed by atoms with Crippen LogP contribution in [0.4, 0.5) is 0 Å². The number of aromatic amines is 1. The molecular formula is C12H16BrN3O2. The van der Waals surface area contributed by atoms with Crippen LogP contribution in [0.1, 0.15) is 36.2 Å². The van der Waals surface area contributed by atoms with Crippen LogP contribution in [0.2, 0.25) is 0 Å². The molecule has 0 aromatic carbocycles. The zero-order valence-corrected chi connectivity index (χ0v) is 11.6. The van der Waals surface area contributed by atoms with Gasteiger partial charge < -0.3 is 5.32 Å². The molecule has 1 aromatic heterocycles. The van der Waals surface area contributed by atoms with Gasteiger partial charge in [0.15, 0.2) is 0 Å². The van der Waals surface area contributed by atoms with E-state index in [-0.39, 0.29) is 17.2 Å². The van der Waals surface area contributed by atoms with Gasteiger partial charge in [-0.2, -0.15) is 5.10 Å². The number of hydrogen-bond acceptors (Lipinski definition) is 3. The van der Waals surface area contributed by atoms with Crippen LogP contribution < -0.4 is 10.9 Å². The number of halogens is 1. The molecule has 0 radical (unpaired) electrons. The number of alkyl halides is 1. The fraction of sp³-hybridized carbons (Fsp3) is 0.583. The van der Waals surface area contributed by atoms with Crippen LogP contribution in [-0.4, -0.2) is 27.5 Å². The van der Waals surface area contributed by atoms with Gasteiger partial charge in [-0.15, -0.1) is 0 Å². The van der Waals surface area contributed by atoms with E-state index >= 15 is 0 Å². The van der Waals surface area contributed by atoms with Crippen LogP contribution >= 0.6 is 15.9 Å². The maximum atomic E-state index is 11.8. The first-order chi connectivity index (χ1) is 8.65. The summed E-state index contributed by atoms with van der Waals surface area (Å²) in [6.45, 7) is 0.680. The Hall–Kier alpha value is -1.17. The third kappa shape index (κ3) is 3.66. The SMILES string of the molecule is O=C(NCC1CCC(Br)CC1)c1ccc(=O)[nH]n1. The van der Waals surface area contributed by atoms with Crippen LogP contribution in [0, 0.1) is 5.92 Å². The van der Waals surface area contributed by atoms with Crippen molar-refractivity contribution < 1.29 is 4.79 Å². The van der Waals surface area contributed by atoms with E-state index in [4.69, 9.17) is 0 Å². The van der Waals surface area contributed by atoms with Gasteiger partial charge in [0.2, 0.25) is 0 Å². The predicted octanol–water partition coefficient (Wildman–Crippen LogP) is 1.45. The number of nitrogens with zero attached hydrogens (tertiary/aromatic N) is 1. The highest BCUT2D eigenvalue weighted by molar-refractivity contribution is 9.09. The average Bonchev–Trinajstić information content (AvgIpc) is 2.38. The standard InChI is InChI=1S/C12H16BrN3O2/c13-9-3-1-8(2-4-9)7-14-12(18)10-5-6-11(17)16-15-10/h5-6,8-9H,1-4,7H2,(H,14,18)(H,16,17). The van der Waals surface area contributed by atoms with E-state index in [2.05, 4.69) is 31.4 Å². The summed E-state index contributed by atoms with van der Waals surface area (Å²) in [5.74, 6) is 0.317. The predicted molar refractivity (Wildman–Crippen MR) is 71.9 cm³/mol. The van der Waals surface area contributed by atoms with Crippen molar-refractivity contribution in [3.8, 4) is 0 Å². The second kappa shape index (κ2) is 6.13. The van der Waals surface area contributed by atoms with E-state index in [1.54, 1.807) is 0 Å². The number of aromatic nitrogens is 2. The Morgan fingerprint density at radius 3 is 2.72 bits per heavy atom. The number of nitrogens with one attached hydrogen (secondary N) is 2. The monoisotopic (exact) mass is 313 g/mol. The molecule has 5 nitrogen and oxygen atoms in total. The summed E-state index contributed by atoms with van der Waals surface area (Å²) in [6, 6.07) is 2.74. The first-order valence-electron chi connectivity index (χ1n) is 6.13. The van der Waals surface area contributed by atoms with Gasteiger partial charge in [-0.1, -0.05) is 15.9 Å². The first kappa shape index (κ1) is 13.3. The lowest BCUT2D eigenvalue weighted by Crippen LogP contribution is -2.32. The Morgan fingerprint density at radius 1 is 1.39 bits per heavy atom. The van der Waals surface area contributed by atoms with Crippen molar-refractivity contribution in [1.29, 1.82) is 0 Å². The van der Waals surface area contributed by atoms with Crippen LogP contribution in [0.15, 0.2) is 16.9 Å². The van der Waals surface area contributed by atoms with E-state index < -0.39 is 0 Å². The molecule has 0 bridgehead atoms. The molecule has 98 valence electrons. The summed E-state index contributed by atoms with van der Waals surface area (Å²) in [4.78, 5) is 23.2. The molecule has 0 aliphatic heterocycles.